The molecule has 31 heavy (non-hydrogen) atoms. The van der Waals surface area contributed by atoms with E-state index in [0.717, 1.165) is 33.6 Å². The lowest BCUT2D eigenvalue weighted by Gasteiger charge is -2.13. The zero-order valence-corrected chi connectivity index (χ0v) is 18.5. The highest BCUT2D eigenvalue weighted by Gasteiger charge is 2.12. The number of halogens is 1. The Morgan fingerprint density at radius 3 is 2.23 bits per heavy atom. The standard InChI is InChI=1S/C26H23ClN2O2/c1-17-4-10-24(11-5-17)29-26(30)22(15-28)14-21-12-18(2)25(19(3)13-21)31-16-20-6-8-23(27)9-7-20/h4-14H,16H2,1-3H3,(H,29,30)/b22-14+. The second kappa shape index (κ2) is 9.97. The number of nitriles is 1. The maximum Gasteiger partial charge on any atom is 0.266 e. The molecule has 3 aromatic rings. The number of hydrogen-bond donors (Lipinski definition) is 1. The Kier molecular flexibility index (Phi) is 7.12. The smallest absolute Gasteiger partial charge is 0.266 e. The molecule has 4 nitrogen and oxygen atoms in total. The molecule has 0 saturated heterocycles. The largest absolute Gasteiger partial charge is 0.488 e. The quantitative estimate of drug-likeness (QED) is 0.364. The summed E-state index contributed by atoms with van der Waals surface area (Å²) in [6.07, 6.45) is 1.59. The van der Waals surface area contributed by atoms with Crippen molar-refractivity contribution in [2.24, 2.45) is 0 Å². The molecule has 0 saturated carbocycles. The predicted octanol–water partition coefficient (Wildman–Crippen LogP) is 6.39. The molecule has 0 aliphatic carbocycles. The van der Waals surface area contributed by atoms with Gasteiger partial charge in [0.25, 0.3) is 5.91 Å². The first kappa shape index (κ1) is 22.1. The number of benzene rings is 3. The van der Waals surface area contributed by atoms with Crippen LogP contribution in [0.3, 0.4) is 0 Å². The van der Waals surface area contributed by atoms with Crippen molar-refractivity contribution in [3.63, 3.8) is 0 Å². The molecule has 5 heteroatoms. The summed E-state index contributed by atoms with van der Waals surface area (Å²) in [6.45, 7) is 6.29. The van der Waals surface area contributed by atoms with Crippen molar-refractivity contribution in [3.8, 4) is 11.8 Å². The second-order valence-corrected chi connectivity index (χ2v) is 7.83. The van der Waals surface area contributed by atoms with Crippen LogP contribution in [0.15, 0.2) is 66.2 Å². The van der Waals surface area contributed by atoms with E-state index in [4.69, 9.17) is 16.3 Å². The van der Waals surface area contributed by atoms with Crippen molar-refractivity contribution in [3.05, 3.63) is 99.1 Å². The van der Waals surface area contributed by atoms with Crippen LogP contribution in [0, 0.1) is 32.1 Å². The van der Waals surface area contributed by atoms with Gasteiger partial charge in [0.1, 0.15) is 24.0 Å². The van der Waals surface area contributed by atoms with Crippen LogP contribution in [0.25, 0.3) is 6.08 Å². The summed E-state index contributed by atoms with van der Waals surface area (Å²) in [5.74, 6) is 0.347. The molecule has 0 fully saturated rings. The molecule has 1 N–H and O–H groups in total. The van der Waals surface area contributed by atoms with E-state index in [2.05, 4.69) is 5.32 Å². The average Bonchev–Trinajstić information content (AvgIpc) is 2.74. The van der Waals surface area contributed by atoms with Gasteiger partial charge in [-0.3, -0.25) is 4.79 Å². The van der Waals surface area contributed by atoms with Gasteiger partial charge < -0.3 is 10.1 Å². The van der Waals surface area contributed by atoms with Gasteiger partial charge in [-0.1, -0.05) is 41.4 Å². The SMILES string of the molecule is Cc1ccc(NC(=O)/C(C#N)=C/c2cc(C)c(OCc3ccc(Cl)cc3)c(C)c2)cc1. The molecule has 3 rings (SSSR count). The van der Waals surface area contributed by atoms with Gasteiger partial charge in [0.05, 0.1) is 0 Å². The van der Waals surface area contributed by atoms with E-state index >= 15 is 0 Å². The molecule has 0 radical (unpaired) electrons. The van der Waals surface area contributed by atoms with E-state index in [-0.39, 0.29) is 5.57 Å². The Morgan fingerprint density at radius 1 is 1.03 bits per heavy atom. The van der Waals surface area contributed by atoms with E-state index in [0.29, 0.717) is 17.3 Å². The zero-order valence-electron chi connectivity index (χ0n) is 17.7. The molecular weight excluding hydrogens is 408 g/mol. The minimum atomic E-state index is -0.440. The maximum absolute atomic E-state index is 12.5. The number of rotatable bonds is 6. The van der Waals surface area contributed by atoms with Gasteiger partial charge >= 0.3 is 0 Å². The van der Waals surface area contributed by atoms with Gasteiger partial charge in [0.2, 0.25) is 0 Å². The molecule has 0 atom stereocenters. The van der Waals surface area contributed by atoms with Crippen molar-refractivity contribution in [1.29, 1.82) is 5.26 Å². The van der Waals surface area contributed by atoms with Crippen molar-refractivity contribution >= 4 is 29.3 Å². The molecule has 1 amide bonds. The van der Waals surface area contributed by atoms with Crippen LogP contribution >= 0.6 is 11.6 Å². The molecule has 3 aromatic carbocycles. The predicted molar refractivity (Wildman–Crippen MR) is 125 cm³/mol. The lowest BCUT2D eigenvalue weighted by molar-refractivity contribution is -0.112. The maximum atomic E-state index is 12.5. The third kappa shape index (κ3) is 5.97. The van der Waals surface area contributed by atoms with E-state index in [1.54, 1.807) is 6.08 Å². The number of amides is 1. The summed E-state index contributed by atoms with van der Waals surface area (Å²) < 4.78 is 6.01. The fourth-order valence-corrected chi connectivity index (χ4v) is 3.31. The number of carbonyl (C=O) groups excluding carboxylic acids is 1. The molecule has 0 aliphatic rings. The number of anilines is 1. The second-order valence-electron chi connectivity index (χ2n) is 7.39. The summed E-state index contributed by atoms with van der Waals surface area (Å²) in [6, 6.07) is 20.7. The summed E-state index contributed by atoms with van der Waals surface area (Å²) in [7, 11) is 0. The molecule has 0 aromatic heterocycles. The van der Waals surface area contributed by atoms with E-state index in [9.17, 15) is 10.1 Å². The van der Waals surface area contributed by atoms with Crippen molar-refractivity contribution in [1.82, 2.24) is 0 Å². The molecule has 0 heterocycles. The fourth-order valence-electron chi connectivity index (χ4n) is 3.18. The van der Waals surface area contributed by atoms with Crippen molar-refractivity contribution < 1.29 is 9.53 Å². The van der Waals surface area contributed by atoms with Crippen LogP contribution in [-0.4, -0.2) is 5.91 Å². The van der Waals surface area contributed by atoms with E-state index in [1.807, 2.05) is 87.5 Å². The molecule has 0 unspecified atom stereocenters. The lowest BCUT2D eigenvalue weighted by Crippen LogP contribution is -2.13. The van der Waals surface area contributed by atoms with Crippen LogP contribution in [0.4, 0.5) is 5.69 Å². The molecule has 0 spiro atoms. The average molecular weight is 431 g/mol. The molecule has 0 bridgehead atoms. The topological polar surface area (TPSA) is 62.1 Å². The van der Waals surface area contributed by atoms with Crippen LogP contribution in [-0.2, 0) is 11.4 Å². The Balaban J connectivity index is 1.76. The number of hydrogen-bond acceptors (Lipinski definition) is 3. The van der Waals surface area contributed by atoms with E-state index < -0.39 is 5.91 Å². The highest BCUT2D eigenvalue weighted by Crippen LogP contribution is 2.27. The van der Waals surface area contributed by atoms with Gasteiger partial charge in [-0.2, -0.15) is 5.26 Å². The number of nitrogens with one attached hydrogen (secondary N) is 1. The normalized spacial score (nSPS) is 11.0. The number of aryl methyl sites for hydroxylation is 3. The lowest BCUT2D eigenvalue weighted by atomic mass is 10.0. The first-order valence-corrected chi connectivity index (χ1v) is 10.2. The highest BCUT2D eigenvalue weighted by molar-refractivity contribution is 6.30. The van der Waals surface area contributed by atoms with Crippen molar-refractivity contribution in [2.45, 2.75) is 27.4 Å². The van der Waals surface area contributed by atoms with Crippen LogP contribution < -0.4 is 10.1 Å². The number of nitrogens with zero attached hydrogens (tertiary/aromatic N) is 1. The third-order valence-corrected chi connectivity index (χ3v) is 5.02. The number of ether oxygens (including phenoxy) is 1. The number of carbonyl (C=O) groups is 1. The Hall–Kier alpha value is -3.55. The van der Waals surface area contributed by atoms with Crippen molar-refractivity contribution in [2.75, 3.05) is 5.32 Å². The minimum Gasteiger partial charge on any atom is -0.488 e. The van der Waals surface area contributed by atoms with E-state index in [1.165, 1.54) is 0 Å². The Labute approximate surface area is 187 Å². The monoisotopic (exact) mass is 430 g/mol. The highest BCUT2D eigenvalue weighted by atomic mass is 35.5. The first-order valence-electron chi connectivity index (χ1n) is 9.84. The third-order valence-electron chi connectivity index (χ3n) is 4.76. The Bertz CT molecular complexity index is 1130. The molecule has 156 valence electrons. The van der Waals surface area contributed by atoms with Gasteiger partial charge in [-0.25, -0.2) is 0 Å². The summed E-state index contributed by atoms with van der Waals surface area (Å²) in [5, 5.41) is 12.9. The molecular formula is C26H23ClN2O2. The van der Waals surface area contributed by atoms with Crippen LogP contribution in [0.5, 0.6) is 5.75 Å². The molecule has 0 aliphatic heterocycles. The fraction of sp³-hybridized carbons (Fsp3) is 0.154. The van der Waals surface area contributed by atoms with Crippen LogP contribution in [0.1, 0.15) is 27.8 Å². The van der Waals surface area contributed by atoms with Gasteiger partial charge in [0.15, 0.2) is 0 Å². The summed E-state index contributed by atoms with van der Waals surface area (Å²) in [4.78, 5) is 12.5. The Morgan fingerprint density at radius 2 is 1.65 bits per heavy atom. The minimum absolute atomic E-state index is 0.0363. The van der Waals surface area contributed by atoms with Gasteiger partial charge in [-0.05, 0) is 85.5 Å². The van der Waals surface area contributed by atoms with Gasteiger partial charge in [-0.15, -0.1) is 0 Å². The summed E-state index contributed by atoms with van der Waals surface area (Å²) >= 11 is 5.93. The van der Waals surface area contributed by atoms with Crippen LogP contribution in [0.2, 0.25) is 5.02 Å². The van der Waals surface area contributed by atoms with Gasteiger partial charge in [0, 0.05) is 10.7 Å². The first-order chi connectivity index (χ1) is 14.9. The summed E-state index contributed by atoms with van der Waals surface area (Å²) in [5.41, 5.74) is 5.42. The zero-order chi connectivity index (χ0) is 22.4.